The quantitative estimate of drug-likeness (QED) is 0.910. The van der Waals surface area contributed by atoms with Gasteiger partial charge in [0.25, 0.3) is 0 Å². The SMILES string of the molecule is CCn1cc(CCN)c2c(Br)cccc21. The van der Waals surface area contributed by atoms with Crippen molar-refractivity contribution in [1.29, 1.82) is 0 Å². The van der Waals surface area contributed by atoms with E-state index in [4.69, 9.17) is 5.73 Å². The van der Waals surface area contributed by atoms with Crippen LogP contribution in [0.15, 0.2) is 28.9 Å². The highest BCUT2D eigenvalue weighted by molar-refractivity contribution is 9.10. The van der Waals surface area contributed by atoms with Gasteiger partial charge in [-0.05, 0) is 37.6 Å². The minimum Gasteiger partial charge on any atom is -0.347 e. The van der Waals surface area contributed by atoms with Gasteiger partial charge in [-0.1, -0.05) is 22.0 Å². The highest BCUT2D eigenvalue weighted by Crippen LogP contribution is 2.29. The average Bonchev–Trinajstić information content (AvgIpc) is 2.59. The van der Waals surface area contributed by atoms with Gasteiger partial charge in [-0.15, -0.1) is 0 Å². The molecular weight excluding hydrogens is 252 g/mol. The molecule has 0 bridgehead atoms. The number of nitrogens with two attached hydrogens (primary N) is 1. The fourth-order valence-corrected chi connectivity index (χ4v) is 2.61. The second kappa shape index (κ2) is 4.37. The van der Waals surface area contributed by atoms with Gasteiger partial charge in [0, 0.05) is 28.1 Å². The lowest BCUT2D eigenvalue weighted by Crippen LogP contribution is -2.02. The lowest BCUT2D eigenvalue weighted by molar-refractivity contribution is 0.790. The van der Waals surface area contributed by atoms with Gasteiger partial charge in [0.05, 0.1) is 0 Å². The molecule has 0 spiro atoms. The van der Waals surface area contributed by atoms with Crippen molar-refractivity contribution in [3.05, 3.63) is 34.4 Å². The number of aryl methyl sites for hydroxylation is 1. The van der Waals surface area contributed by atoms with Gasteiger partial charge >= 0.3 is 0 Å². The Labute approximate surface area is 98.2 Å². The molecule has 0 unspecified atom stereocenters. The molecular formula is C12H15BrN2. The molecule has 1 aromatic carbocycles. The van der Waals surface area contributed by atoms with Crippen molar-refractivity contribution < 1.29 is 0 Å². The maximum Gasteiger partial charge on any atom is 0.0494 e. The van der Waals surface area contributed by atoms with E-state index in [9.17, 15) is 0 Å². The molecule has 2 nitrogen and oxygen atoms in total. The van der Waals surface area contributed by atoms with Crippen molar-refractivity contribution in [3.63, 3.8) is 0 Å². The van der Waals surface area contributed by atoms with Crippen LogP contribution in [0.1, 0.15) is 12.5 Å². The summed E-state index contributed by atoms with van der Waals surface area (Å²) in [4.78, 5) is 0. The Kier molecular flexibility index (Phi) is 3.12. The highest BCUT2D eigenvalue weighted by atomic mass is 79.9. The maximum absolute atomic E-state index is 5.63. The molecule has 0 aliphatic rings. The van der Waals surface area contributed by atoms with Crippen LogP contribution >= 0.6 is 15.9 Å². The van der Waals surface area contributed by atoms with Crippen molar-refractivity contribution in [2.45, 2.75) is 19.9 Å². The van der Waals surface area contributed by atoms with E-state index >= 15 is 0 Å². The third kappa shape index (κ3) is 1.82. The molecule has 1 aromatic heterocycles. The van der Waals surface area contributed by atoms with Gasteiger partial charge in [0.2, 0.25) is 0 Å². The van der Waals surface area contributed by atoms with Crippen LogP contribution in [0.2, 0.25) is 0 Å². The third-order valence-electron chi connectivity index (χ3n) is 2.69. The summed E-state index contributed by atoms with van der Waals surface area (Å²) in [6.45, 7) is 3.86. The Hall–Kier alpha value is -0.800. The van der Waals surface area contributed by atoms with Gasteiger partial charge in [-0.2, -0.15) is 0 Å². The second-order valence-electron chi connectivity index (χ2n) is 3.61. The van der Waals surface area contributed by atoms with E-state index in [1.165, 1.54) is 16.5 Å². The van der Waals surface area contributed by atoms with Crippen molar-refractivity contribution in [3.8, 4) is 0 Å². The van der Waals surface area contributed by atoms with Crippen LogP contribution in [0.5, 0.6) is 0 Å². The molecule has 80 valence electrons. The Bertz CT molecular complexity index is 474. The monoisotopic (exact) mass is 266 g/mol. The topological polar surface area (TPSA) is 30.9 Å². The van der Waals surface area contributed by atoms with E-state index in [-0.39, 0.29) is 0 Å². The second-order valence-corrected chi connectivity index (χ2v) is 4.47. The standard InChI is InChI=1S/C12H15BrN2/c1-2-15-8-9(6-7-14)12-10(13)4-3-5-11(12)15/h3-5,8H,2,6-7,14H2,1H3. The number of halogens is 1. The number of rotatable bonds is 3. The number of nitrogens with zero attached hydrogens (tertiary/aromatic N) is 1. The molecule has 0 amide bonds. The zero-order valence-corrected chi connectivity index (χ0v) is 10.4. The largest absolute Gasteiger partial charge is 0.347 e. The predicted molar refractivity (Wildman–Crippen MR) is 68.1 cm³/mol. The maximum atomic E-state index is 5.63. The Morgan fingerprint density at radius 3 is 2.87 bits per heavy atom. The molecule has 0 aliphatic carbocycles. The van der Waals surface area contributed by atoms with Gasteiger partial charge < -0.3 is 10.3 Å². The van der Waals surface area contributed by atoms with Crippen LogP contribution in [0.4, 0.5) is 0 Å². The first-order valence-electron chi connectivity index (χ1n) is 5.24. The first-order valence-corrected chi connectivity index (χ1v) is 6.03. The number of aromatic nitrogens is 1. The van der Waals surface area contributed by atoms with Crippen LogP contribution in [0, 0.1) is 0 Å². The summed E-state index contributed by atoms with van der Waals surface area (Å²) in [5.74, 6) is 0. The molecule has 0 fully saturated rings. The number of fused-ring (bicyclic) bond motifs is 1. The summed E-state index contributed by atoms with van der Waals surface area (Å²) in [6, 6.07) is 6.32. The molecule has 0 radical (unpaired) electrons. The molecule has 0 saturated carbocycles. The number of hydrogen-bond acceptors (Lipinski definition) is 1. The van der Waals surface area contributed by atoms with Gasteiger partial charge in [0.1, 0.15) is 0 Å². The number of hydrogen-bond donors (Lipinski definition) is 1. The van der Waals surface area contributed by atoms with Crippen LogP contribution in [0.3, 0.4) is 0 Å². The Balaban J connectivity index is 2.70. The summed E-state index contributed by atoms with van der Waals surface area (Å²) in [6.07, 6.45) is 3.15. The van der Waals surface area contributed by atoms with Crippen LogP contribution in [0.25, 0.3) is 10.9 Å². The molecule has 3 heteroatoms. The molecule has 0 atom stereocenters. The van der Waals surface area contributed by atoms with E-state index in [0.717, 1.165) is 17.4 Å². The minimum atomic E-state index is 0.699. The number of benzene rings is 1. The molecule has 0 saturated heterocycles. The zero-order valence-electron chi connectivity index (χ0n) is 8.83. The highest BCUT2D eigenvalue weighted by Gasteiger charge is 2.09. The summed E-state index contributed by atoms with van der Waals surface area (Å²) in [5.41, 5.74) is 8.25. The zero-order chi connectivity index (χ0) is 10.8. The van der Waals surface area contributed by atoms with Gasteiger partial charge in [-0.3, -0.25) is 0 Å². The van der Waals surface area contributed by atoms with Crippen LogP contribution in [-0.2, 0) is 13.0 Å². The molecule has 2 N–H and O–H groups in total. The van der Waals surface area contributed by atoms with Crippen LogP contribution in [-0.4, -0.2) is 11.1 Å². The van der Waals surface area contributed by atoms with Crippen molar-refractivity contribution >= 4 is 26.8 Å². The minimum absolute atomic E-state index is 0.699. The average molecular weight is 267 g/mol. The molecule has 0 aliphatic heterocycles. The lowest BCUT2D eigenvalue weighted by atomic mass is 10.1. The fraction of sp³-hybridized carbons (Fsp3) is 0.333. The third-order valence-corrected chi connectivity index (χ3v) is 3.35. The summed E-state index contributed by atoms with van der Waals surface area (Å²) >= 11 is 3.61. The van der Waals surface area contributed by atoms with E-state index < -0.39 is 0 Å². The van der Waals surface area contributed by atoms with Crippen molar-refractivity contribution in [1.82, 2.24) is 4.57 Å². The molecule has 1 heterocycles. The molecule has 2 rings (SSSR count). The Morgan fingerprint density at radius 2 is 2.20 bits per heavy atom. The van der Waals surface area contributed by atoms with Crippen molar-refractivity contribution in [2.75, 3.05) is 6.54 Å². The van der Waals surface area contributed by atoms with Gasteiger partial charge in [0.15, 0.2) is 0 Å². The summed E-state index contributed by atoms with van der Waals surface area (Å²) < 4.78 is 3.43. The van der Waals surface area contributed by atoms with E-state index in [2.05, 4.69) is 51.8 Å². The fourth-order valence-electron chi connectivity index (χ4n) is 2.00. The van der Waals surface area contributed by atoms with Gasteiger partial charge in [-0.25, -0.2) is 0 Å². The summed E-state index contributed by atoms with van der Waals surface area (Å²) in [7, 11) is 0. The van der Waals surface area contributed by atoms with Crippen LogP contribution < -0.4 is 5.73 Å². The predicted octanol–water partition coefficient (Wildman–Crippen LogP) is 2.92. The molecule has 15 heavy (non-hydrogen) atoms. The Morgan fingerprint density at radius 1 is 1.40 bits per heavy atom. The normalized spacial score (nSPS) is 11.1. The lowest BCUT2D eigenvalue weighted by Gasteiger charge is -2.00. The van der Waals surface area contributed by atoms with E-state index in [0.29, 0.717) is 6.54 Å². The first kappa shape index (κ1) is 10.7. The first-order chi connectivity index (χ1) is 7.27. The summed E-state index contributed by atoms with van der Waals surface area (Å²) in [5, 5.41) is 1.31. The van der Waals surface area contributed by atoms with E-state index in [1.807, 2.05) is 0 Å². The smallest absolute Gasteiger partial charge is 0.0494 e. The van der Waals surface area contributed by atoms with Crippen molar-refractivity contribution in [2.24, 2.45) is 5.73 Å². The van der Waals surface area contributed by atoms with E-state index in [1.54, 1.807) is 0 Å². The molecule has 2 aromatic rings.